The quantitative estimate of drug-likeness (QED) is 0.717. The Bertz CT molecular complexity index is 465. The van der Waals surface area contributed by atoms with Crippen LogP contribution in [0.25, 0.3) is 0 Å². The van der Waals surface area contributed by atoms with E-state index in [1.165, 1.54) is 19.2 Å². The molecule has 19 heavy (non-hydrogen) atoms. The van der Waals surface area contributed by atoms with Gasteiger partial charge < -0.3 is 20.5 Å². The summed E-state index contributed by atoms with van der Waals surface area (Å²) in [7, 11) is 1.54. The van der Waals surface area contributed by atoms with Crippen LogP contribution in [0.4, 0.5) is 0 Å². The first-order valence-electron chi connectivity index (χ1n) is 5.52. The average Bonchev–Trinajstić information content (AvgIpc) is 2.37. The molecular formula is C12H15ClN2O4. The van der Waals surface area contributed by atoms with Crippen LogP contribution in [0.2, 0.25) is 5.02 Å². The highest BCUT2D eigenvalue weighted by atomic mass is 35.5. The van der Waals surface area contributed by atoms with Gasteiger partial charge in [0.05, 0.1) is 12.2 Å². The van der Waals surface area contributed by atoms with E-state index in [0.717, 1.165) is 0 Å². The van der Waals surface area contributed by atoms with Gasteiger partial charge in [0.2, 0.25) is 0 Å². The van der Waals surface area contributed by atoms with Crippen molar-refractivity contribution in [3.63, 3.8) is 0 Å². The Morgan fingerprint density at radius 1 is 1.42 bits per heavy atom. The van der Waals surface area contributed by atoms with Crippen molar-refractivity contribution in [2.24, 2.45) is 5.73 Å². The number of nitrogens with two attached hydrogens (primary N) is 1. The second kappa shape index (κ2) is 7.60. The van der Waals surface area contributed by atoms with Crippen molar-refractivity contribution < 1.29 is 19.1 Å². The van der Waals surface area contributed by atoms with Crippen molar-refractivity contribution in [3.05, 3.63) is 28.8 Å². The lowest BCUT2D eigenvalue weighted by Gasteiger charge is -2.10. The summed E-state index contributed by atoms with van der Waals surface area (Å²) in [5, 5.41) is 2.95. The fraction of sp³-hybridized carbons (Fsp3) is 0.333. The summed E-state index contributed by atoms with van der Waals surface area (Å²) in [6.07, 6.45) is 0. The molecule has 0 unspecified atom stereocenters. The minimum Gasteiger partial charge on any atom is -0.483 e. The molecule has 0 spiro atoms. The number of rotatable bonds is 7. The lowest BCUT2D eigenvalue weighted by Crippen LogP contribution is -2.31. The Morgan fingerprint density at radius 2 is 2.16 bits per heavy atom. The molecule has 0 aliphatic heterocycles. The Balaban J connectivity index is 2.57. The van der Waals surface area contributed by atoms with Gasteiger partial charge in [0.15, 0.2) is 6.61 Å². The van der Waals surface area contributed by atoms with E-state index in [1.54, 1.807) is 6.07 Å². The fourth-order valence-electron chi connectivity index (χ4n) is 1.31. The van der Waals surface area contributed by atoms with Crippen LogP contribution in [0.5, 0.6) is 5.75 Å². The molecule has 6 nitrogen and oxygen atoms in total. The summed E-state index contributed by atoms with van der Waals surface area (Å²) in [5.74, 6) is -0.765. The van der Waals surface area contributed by atoms with Crippen molar-refractivity contribution in [2.45, 2.75) is 0 Å². The molecule has 0 aromatic heterocycles. The molecule has 0 radical (unpaired) electrons. The molecule has 1 aromatic rings. The van der Waals surface area contributed by atoms with Crippen LogP contribution in [-0.4, -0.2) is 38.7 Å². The number of carbonyl (C=O) groups is 2. The van der Waals surface area contributed by atoms with E-state index in [1.807, 2.05) is 0 Å². The standard InChI is InChI=1S/C12H15ClN2O4/c1-18-5-4-15-11(16)7-19-10-3-2-8(13)6-9(10)12(14)17/h2-3,6H,4-5,7H2,1H3,(H2,14,17)(H,15,16). The normalized spacial score (nSPS) is 10.0. The number of benzene rings is 1. The lowest BCUT2D eigenvalue weighted by molar-refractivity contribution is -0.123. The maximum Gasteiger partial charge on any atom is 0.258 e. The van der Waals surface area contributed by atoms with Crippen molar-refractivity contribution in [2.75, 3.05) is 26.9 Å². The van der Waals surface area contributed by atoms with Gasteiger partial charge in [0.25, 0.3) is 11.8 Å². The van der Waals surface area contributed by atoms with Gasteiger partial charge >= 0.3 is 0 Å². The molecule has 1 rings (SSSR count). The van der Waals surface area contributed by atoms with Crippen LogP contribution < -0.4 is 15.8 Å². The van der Waals surface area contributed by atoms with Crippen LogP contribution in [0, 0.1) is 0 Å². The second-order valence-electron chi connectivity index (χ2n) is 3.64. The first kappa shape index (κ1) is 15.3. The summed E-state index contributed by atoms with van der Waals surface area (Å²) < 4.78 is 10.0. The fourth-order valence-corrected chi connectivity index (χ4v) is 1.48. The summed E-state index contributed by atoms with van der Waals surface area (Å²) in [6, 6.07) is 4.43. The Kier molecular flexibility index (Phi) is 6.11. The number of primary amides is 1. The molecule has 0 fully saturated rings. The van der Waals surface area contributed by atoms with E-state index >= 15 is 0 Å². The number of halogens is 1. The first-order valence-corrected chi connectivity index (χ1v) is 5.90. The van der Waals surface area contributed by atoms with Crippen molar-refractivity contribution in [1.29, 1.82) is 0 Å². The van der Waals surface area contributed by atoms with Gasteiger partial charge in [0.1, 0.15) is 5.75 Å². The Labute approximate surface area is 115 Å². The number of methoxy groups -OCH3 is 1. The Hall–Kier alpha value is -1.79. The SMILES string of the molecule is COCCNC(=O)COc1ccc(Cl)cc1C(N)=O. The Morgan fingerprint density at radius 3 is 2.79 bits per heavy atom. The maximum atomic E-state index is 11.4. The summed E-state index contributed by atoms with van der Waals surface area (Å²) in [5.41, 5.74) is 5.33. The second-order valence-corrected chi connectivity index (χ2v) is 4.07. The van der Waals surface area contributed by atoms with Crippen LogP contribution >= 0.6 is 11.6 Å². The van der Waals surface area contributed by atoms with E-state index in [-0.39, 0.29) is 23.8 Å². The highest BCUT2D eigenvalue weighted by molar-refractivity contribution is 6.31. The summed E-state index contributed by atoms with van der Waals surface area (Å²) in [6.45, 7) is 0.590. The molecule has 0 saturated heterocycles. The van der Waals surface area contributed by atoms with Crippen molar-refractivity contribution in [3.8, 4) is 5.75 Å². The van der Waals surface area contributed by atoms with Gasteiger partial charge in [-0.1, -0.05) is 11.6 Å². The van der Waals surface area contributed by atoms with E-state index in [0.29, 0.717) is 18.2 Å². The van der Waals surface area contributed by atoms with E-state index in [2.05, 4.69) is 5.32 Å². The van der Waals surface area contributed by atoms with Crippen LogP contribution in [0.1, 0.15) is 10.4 Å². The largest absolute Gasteiger partial charge is 0.483 e. The molecule has 0 bridgehead atoms. The highest BCUT2D eigenvalue weighted by Crippen LogP contribution is 2.22. The summed E-state index contributed by atoms with van der Waals surface area (Å²) in [4.78, 5) is 22.6. The van der Waals surface area contributed by atoms with E-state index < -0.39 is 5.91 Å². The molecule has 0 saturated carbocycles. The number of carbonyl (C=O) groups excluding carboxylic acids is 2. The molecular weight excluding hydrogens is 272 g/mol. The molecule has 3 N–H and O–H groups in total. The average molecular weight is 287 g/mol. The number of hydrogen-bond donors (Lipinski definition) is 2. The maximum absolute atomic E-state index is 11.4. The number of amides is 2. The molecule has 0 heterocycles. The predicted molar refractivity (Wildman–Crippen MR) is 70.4 cm³/mol. The molecule has 1 aromatic carbocycles. The minimum absolute atomic E-state index is 0.136. The van der Waals surface area contributed by atoms with Gasteiger partial charge in [-0.2, -0.15) is 0 Å². The molecule has 7 heteroatoms. The molecule has 0 aliphatic rings. The number of ether oxygens (including phenoxy) is 2. The zero-order valence-electron chi connectivity index (χ0n) is 10.4. The molecule has 0 atom stereocenters. The minimum atomic E-state index is -0.669. The number of nitrogens with one attached hydrogen (secondary N) is 1. The van der Waals surface area contributed by atoms with Gasteiger partial charge in [-0.15, -0.1) is 0 Å². The van der Waals surface area contributed by atoms with Crippen molar-refractivity contribution in [1.82, 2.24) is 5.32 Å². The third kappa shape index (κ3) is 5.15. The van der Waals surface area contributed by atoms with Crippen LogP contribution in [-0.2, 0) is 9.53 Å². The van der Waals surface area contributed by atoms with Gasteiger partial charge in [0, 0.05) is 18.7 Å². The van der Waals surface area contributed by atoms with Gasteiger partial charge in [-0.05, 0) is 18.2 Å². The van der Waals surface area contributed by atoms with Crippen LogP contribution in [0.3, 0.4) is 0 Å². The predicted octanol–water partition coefficient (Wildman–Crippen LogP) is 0.580. The van der Waals surface area contributed by atoms with Crippen molar-refractivity contribution >= 4 is 23.4 Å². The number of hydrogen-bond acceptors (Lipinski definition) is 4. The van der Waals surface area contributed by atoms with Gasteiger partial charge in [-0.3, -0.25) is 9.59 Å². The lowest BCUT2D eigenvalue weighted by atomic mass is 10.2. The molecule has 104 valence electrons. The third-order valence-electron chi connectivity index (χ3n) is 2.19. The van der Waals surface area contributed by atoms with Gasteiger partial charge in [-0.25, -0.2) is 0 Å². The zero-order valence-corrected chi connectivity index (χ0v) is 11.2. The van der Waals surface area contributed by atoms with E-state index in [9.17, 15) is 9.59 Å². The highest BCUT2D eigenvalue weighted by Gasteiger charge is 2.11. The smallest absolute Gasteiger partial charge is 0.258 e. The zero-order chi connectivity index (χ0) is 14.3. The topological polar surface area (TPSA) is 90.7 Å². The third-order valence-corrected chi connectivity index (χ3v) is 2.43. The first-order chi connectivity index (χ1) is 9.04. The summed E-state index contributed by atoms with van der Waals surface area (Å²) >= 11 is 5.75. The van der Waals surface area contributed by atoms with Crippen LogP contribution in [0.15, 0.2) is 18.2 Å². The molecule has 0 aliphatic carbocycles. The van der Waals surface area contributed by atoms with E-state index in [4.69, 9.17) is 26.8 Å². The molecule has 2 amide bonds. The monoisotopic (exact) mass is 286 g/mol.